The number of carbonyl (C=O) groups excluding carboxylic acids is 1. The highest BCUT2D eigenvalue weighted by Gasteiger charge is 2.05. The summed E-state index contributed by atoms with van der Waals surface area (Å²) < 4.78 is 4.55. The first kappa shape index (κ1) is 5.15. The summed E-state index contributed by atoms with van der Waals surface area (Å²) in [6.07, 6.45) is 1.98. The predicted octanol–water partition coefficient (Wildman–Crippen LogP) is -0.224. The van der Waals surface area contributed by atoms with Gasteiger partial charge in [0, 0.05) is 18.2 Å². The molecular formula is C5H7NO2. The van der Waals surface area contributed by atoms with Gasteiger partial charge in [-0.3, -0.25) is 0 Å². The van der Waals surface area contributed by atoms with E-state index in [0.717, 1.165) is 0 Å². The van der Waals surface area contributed by atoms with Crippen LogP contribution in [-0.4, -0.2) is 12.6 Å². The van der Waals surface area contributed by atoms with Crippen LogP contribution in [0.4, 0.5) is 0 Å². The molecule has 0 spiro atoms. The average Bonchev–Trinajstić information content (AvgIpc) is 1.64. The highest BCUT2D eigenvalue weighted by Crippen LogP contribution is 2.00. The zero-order chi connectivity index (χ0) is 5.98. The van der Waals surface area contributed by atoms with Crippen LogP contribution in [0.1, 0.15) is 6.42 Å². The number of cyclic esters (lactones) is 1. The summed E-state index contributed by atoms with van der Waals surface area (Å²) in [5, 5.41) is 0. The fourth-order valence-corrected chi connectivity index (χ4v) is 0.535. The molecule has 44 valence electrons. The Balaban J connectivity index is 2.64. The van der Waals surface area contributed by atoms with Crippen molar-refractivity contribution in [2.75, 3.05) is 6.61 Å². The highest BCUT2D eigenvalue weighted by atomic mass is 16.5. The maximum Gasteiger partial charge on any atom is 0.332 e. The van der Waals surface area contributed by atoms with Gasteiger partial charge in [0.15, 0.2) is 0 Å². The van der Waals surface area contributed by atoms with Gasteiger partial charge in [-0.2, -0.15) is 0 Å². The van der Waals surface area contributed by atoms with Crippen LogP contribution >= 0.6 is 0 Å². The van der Waals surface area contributed by atoms with Crippen LogP contribution in [-0.2, 0) is 9.53 Å². The first-order chi connectivity index (χ1) is 3.79. The molecule has 0 saturated heterocycles. The van der Waals surface area contributed by atoms with Crippen LogP contribution in [0.3, 0.4) is 0 Å². The van der Waals surface area contributed by atoms with E-state index in [-0.39, 0.29) is 5.97 Å². The molecule has 8 heavy (non-hydrogen) atoms. The third-order valence-electron chi connectivity index (χ3n) is 0.938. The smallest absolute Gasteiger partial charge is 0.332 e. The molecule has 0 aromatic heterocycles. The maximum absolute atomic E-state index is 10.3. The molecule has 0 atom stereocenters. The monoisotopic (exact) mass is 113 g/mol. The third-order valence-corrected chi connectivity index (χ3v) is 0.938. The minimum Gasteiger partial charge on any atom is -0.462 e. The van der Waals surface area contributed by atoms with Crippen LogP contribution in [0.2, 0.25) is 0 Å². The number of ether oxygens (including phenoxy) is 1. The minimum absolute atomic E-state index is 0.325. The largest absolute Gasteiger partial charge is 0.462 e. The Kier molecular flexibility index (Phi) is 1.20. The van der Waals surface area contributed by atoms with Crippen molar-refractivity contribution in [2.45, 2.75) is 6.42 Å². The fourth-order valence-electron chi connectivity index (χ4n) is 0.535. The summed E-state index contributed by atoms with van der Waals surface area (Å²) in [7, 11) is 0. The van der Waals surface area contributed by atoms with Gasteiger partial charge in [0.25, 0.3) is 0 Å². The first-order valence-electron chi connectivity index (χ1n) is 2.42. The van der Waals surface area contributed by atoms with Gasteiger partial charge in [-0.25, -0.2) is 4.79 Å². The molecule has 0 unspecified atom stereocenters. The van der Waals surface area contributed by atoms with Gasteiger partial charge >= 0.3 is 5.97 Å². The second-order valence-corrected chi connectivity index (χ2v) is 1.64. The summed E-state index contributed by atoms with van der Waals surface area (Å²) in [5.41, 5.74) is 5.90. The lowest BCUT2D eigenvalue weighted by atomic mass is 10.3. The van der Waals surface area contributed by atoms with Gasteiger partial charge in [-0.05, 0) is 0 Å². The van der Waals surface area contributed by atoms with Crippen molar-refractivity contribution in [3.8, 4) is 0 Å². The molecule has 0 radical (unpaired) electrons. The van der Waals surface area contributed by atoms with Gasteiger partial charge in [0.2, 0.25) is 0 Å². The third kappa shape index (κ3) is 0.992. The van der Waals surface area contributed by atoms with Gasteiger partial charge in [-0.15, -0.1) is 0 Å². The van der Waals surface area contributed by atoms with Crippen LogP contribution < -0.4 is 5.73 Å². The second kappa shape index (κ2) is 1.86. The Bertz CT molecular complexity index is 139. The summed E-state index contributed by atoms with van der Waals surface area (Å²) in [4.78, 5) is 10.3. The topological polar surface area (TPSA) is 52.3 Å². The summed E-state index contributed by atoms with van der Waals surface area (Å²) in [6, 6.07) is 0. The standard InChI is InChI=1S/C5H7NO2/c6-4-1-2-8-5(7)3-4/h3H,1-2,6H2. The van der Waals surface area contributed by atoms with Gasteiger partial charge < -0.3 is 10.5 Å². The predicted molar refractivity (Wildman–Crippen MR) is 27.8 cm³/mol. The molecule has 1 aliphatic heterocycles. The number of hydrogen-bond acceptors (Lipinski definition) is 3. The van der Waals surface area contributed by atoms with Crippen molar-refractivity contribution in [3.05, 3.63) is 11.8 Å². The molecule has 1 rings (SSSR count). The van der Waals surface area contributed by atoms with E-state index >= 15 is 0 Å². The minimum atomic E-state index is -0.325. The molecule has 2 N–H and O–H groups in total. The average molecular weight is 113 g/mol. The summed E-state index contributed by atoms with van der Waals surface area (Å²) in [5.74, 6) is -0.325. The Hall–Kier alpha value is -0.990. The number of rotatable bonds is 0. The molecule has 0 aliphatic carbocycles. The zero-order valence-corrected chi connectivity index (χ0v) is 4.39. The number of nitrogens with two attached hydrogens (primary N) is 1. The lowest BCUT2D eigenvalue weighted by Gasteiger charge is -2.07. The van der Waals surface area contributed by atoms with Gasteiger partial charge in [0.05, 0.1) is 6.61 Å². The Morgan fingerprint density at radius 1 is 1.75 bits per heavy atom. The lowest BCUT2D eigenvalue weighted by Crippen LogP contribution is -2.14. The van der Waals surface area contributed by atoms with Gasteiger partial charge in [0.1, 0.15) is 0 Å². The molecule has 0 aromatic rings. The second-order valence-electron chi connectivity index (χ2n) is 1.64. The van der Waals surface area contributed by atoms with E-state index in [9.17, 15) is 4.79 Å². The molecular weight excluding hydrogens is 106 g/mol. The molecule has 1 heterocycles. The SMILES string of the molecule is NC1=CC(=O)OCC1. The van der Waals surface area contributed by atoms with E-state index in [4.69, 9.17) is 5.73 Å². The van der Waals surface area contributed by atoms with Crippen molar-refractivity contribution < 1.29 is 9.53 Å². The molecule has 3 nitrogen and oxygen atoms in total. The van der Waals surface area contributed by atoms with Gasteiger partial charge in [-0.1, -0.05) is 0 Å². The number of hydrogen-bond donors (Lipinski definition) is 1. The van der Waals surface area contributed by atoms with E-state index in [0.29, 0.717) is 18.7 Å². The van der Waals surface area contributed by atoms with Crippen LogP contribution in [0, 0.1) is 0 Å². The molecule has 0 bridgehead atoms. The van der Waals surface area contributed by atoms with Crippen molar-refractivity contribution in [1.29, 1.82) is 0 Å². The Morgan fingerprint density at radius 3 is 2.88 bits per heavy atom. The normalized spacial score (nSPS) is 19.5. The number of carbonyl (C=O) groups is 1. The Labute approximate surface area is 47.1 Å². The Morgan fingerprint density at radius 2 is 2.50 bits per heavy atom. The van der Waals surface area contributed by atoms with Crippen LogP contribution in [0.5, 0.6) is 0 Å². The van der Waals surface area contributed by atoms with E-state index in [1.165, 1.54) is 6.08 Å². The molecule has 1 aliphatic rings. The molecule has 3 heteroatoms. The maximum atomic E-state index is 10.3. The first-order valence-corrected chi connectivity index (χ1v) is 2.42. The number of esters is 1. The van der Waals surface area contributed by atoms with Crippen molar-refractivity contribution in [3.63, 3.8) is 0 Å². The molecule has 0 amide bonds. The van der Waals surface area contributed by atoms with Crippen molar-refractivity contribution >= 4 is 5.97 Å². The highest BCUT2D eigenvalue weighted by molar-refractivity contribution is 5.83. The molecule has 0 fully saturated rings. The molecule has 0 saturated carbocycles. The summed E-state index contributed by atoms with van der Waals surface area (Å²) >= 11 is 0. The quantitative estimate of drug-likeness (QED) is 0.442. The zero-order valence-electron chi connectivity index (χ0n) is 4.39. The fraction of sp³-hybridized carbons (Fsp3) is 0.400. The van der Waals surface area contributed by atoms with Crippen molar-refractivity contribution in [2.24, 2.45) is 5.73 Å². The van der Waals surface area contributed by atoms with E-state index in [1.54, 1.807) is 0 Å². The van der Waals surface area contributed by atoms with Crippen LogP contribution in [0.25, 0.3) is 0 Å². The van der Waals surface area contributed by atoms with Crippen molar-refractivity contribution in [1.82, 2.24) is 0 Å². The lowest BCUT2D eigenvalue weighted by molar-refractivity contribution is -0.138. The summed E-state index contributed by atoms with van der Waals surface area (Å²) in [6.45, 7) is 0.432. The van der Waals surface area contributed by atoms with E-state index in [2.05, 4.69) is 4.74 Å². The van der Waals surface area contributed by atoms with E-state index in [1.807, 2.05) is 0 Å². The van der Waals surface area contributed by atoms with E-state index < -0.39 is 0 Å². The molecule has 0 aromatic carbocycles. The van der Waals surface area contributed by atoms with Crippen LogP contribution in [0.15, 0.2) is 11.8 Å².